The smallest absolute Gasteiger partial charge is 0.250 e. The Labute approximate surface area is 139 Å². The Morgan fingerprint density at radius 3 is 2.74 bits per heavy atom. The molecule has 0 amide bonds. The summed E-state index contributed by atoms with van der Waals surface area (Å²) < 4.78 is 32.8. The van der Waals surface area contributed by atoms with E-state index in [0.717, 1.165) is 28.2 Å². The molecular formula is C16H16N2O3S2. The minimum atomic E-state index is -3.55. The minimum Gasteiger partial charge on any atom is -0.356 e. The first-order chi connectivity index (χ1) is 10.9. The van der Waals surface area contributed by atoms with Crippen LogP contribution in [0.1, 0.15) is 16.8 Å². The molecule has 0 saturated heterocycles. The highest BCUT2D eigenvalue weighted by Crippen LogP contribution is 2.28. The summed E-state index contributed by atoms with van der Waals surface area (Å²) in [4.78, 5) is 0. The topological polar surface area (TPSA) is 72.2 Å². The maximum atomic E-state index is 12.4. The maximum Gasteiger partial charge on any atom is 0.250 e. The van der Waals surface area contributed by atoms with Crippen molar-refractivity contribution in [3.05, 3.63) is 58.6 Å². The molecule has 1 N–H and O–H groups in total. The highest BCUT2D eigenvalue weighted by Gasteiger charge is 2.18. The second-order valence-corrected chi connectivity index (χ2v) is 8.21. The van der Waals surface area contributed by atoms with Gasteiger partial charge >= 0.3 is 0 Å². The average Bonchev–Trinajstić information content (AvgIpc) is 3.14. The third kappa shape index (κ3) is 3.69. The molecule has 120 valence electrons. The molecule has 7 heteroatoms. The van der Waals surface area contributed by atoms with E-state index in [9.17, 15) is 8.42 Å². The van der Waals surface area contributed by atoms with E-state index in [1.165, 1.54) is 0 Å². The van der Waals surface area contributed by atoms with Crippen molar-refractivity contribution in [1.82, 2.24) is 9.88 Å². The summed E-state index contributed by atoms with van der Waals surface area (Å²) in [5.74, 6) is 0.568. The number of aromatic nitrogens is 1. The molecule has 23 heavy (non-hydrogen) atoms. The SMILES string of the molecule is Cc1cccc(CNS(=O)(=O)c2cc(-c3cc(C)no3)cs2)c1. The van der Waals surface area contributed by atoms with E-state index in [4.69, 9.17) is 4.52 Å². The quantitative estimate of drug-likeness (QED) is 0.766. The molecule has 0 unspecified atom stereocenters. The van der Waals surface area contributed by atoms with Gasteiger partial charge in [-0.15, -0.1) is 11.3 Å². The summed E-state index contributed by atoms with van der Waals surface area (Å²) in [6, 6.07) is 11.1. The Bertz CT molecular complexity index is 926. The molecule has 3 rings (SSSR count). The van der Waals surface area contributed by atoms with Crippen LogP contribution in [-0.2, 0) is 16.6 Å². The average molecular weight is 348 g/mol. The molecule has 2 heterocycles. The van der Waals surface area contributed by atoms with Crippen LogP contribution >= 0.6 is 11.3 Å². The van der Waals surface area contributed by atoms with Crippen molar-refractivity contribution >= 4 is 21.4 Å². The van der Waals surface area contributed by atoms with Gasteiger partial charge in [-0.3, -0.25) is 0 Å². The molecule has 3 aromatic rings. The molecule has 5 nitrogen and oxygen atoms in total. The largest absolute Gasteiger partial charge is 0.356 e. The molecule has 0 spiro atoms. The van der Waals surface area contributed by atoms with E-state index >= 15 is 0 Å². The summed E-state index contributed by atoms with van der Waals surface area (Å²) in [5.41, 5.74) is 3.50. The number of nitrogens with one attached hydrogen (secondary N) is 1. The predicted octanol–water partition coefficient (Wildman–Crippen LogP) is 3.50. The van der Waals surface area contributed by atoms with Crippen LogP contribution in [0.25, 0.3) is 11.3 Å². The summed E-state index contributed by atoms with van der Waals surface area (Å²) in [5, 5.41) is 5.56. The zero-order chi connectivity index (χ0) is 16.4. The van der Waals surface area contributed by atoms with E-state index < -0.39 is 10.0 Å². The molecule has 0 radical (unpaired) electrons. The van der Waals surface area contributed by atoms with Crippen molar-refractivity contribution in [2.75, 3.05) is 0 Å². The Kier molecular flexibility index (Phi) is 4.34. The minimum absolute atomic E-state index is 0.259. The van der Waals surface area contributed by atoms with Crippen LogP contribution in [0.4, 0.5) is 0 Å². The van der Waals surface area contributed by atoms with E-state index in [-0.39, 0.29) is 10.8 Å². The van der Waals surface area contributed by atoms with E-state index in [1.54, 1.807) is 17.5 Å². The molecule has 0 aliphatic heterocycles. The lowest BCUT2D eigenvalue weighted by atomic mass is 10.1. The number of thiophene rings is 1. The van der Waals surface area contributed by atoms with Gasteiger partial charge in [0.15, 0.2) is 5.76 Å². The molecule has 0 aliphatic rings. The molecule has 1 aromatic carbocycles. The Morgan fingerprint density at radius 1 is 1.22 bits per heavy atom. The monoisotopic (exact) mass is 348 g/mol. The van der Waals surface area contributed by atoms with Crippen molar-refractivity contribution in [3.8, 4) is 11.3 Å². The van der Waals surface area contributed by atoms with Crippen LogP contribution in [0, 0.1) is 13.8 Å². The summed E-state index contributed by atoms with van der Waals surface area (Å²) in [7, 11) is -3.55. The van der Waals surface area contributed by atoms with Gasteiger partial charge in [0.25, 0.3) is 0 Å². The van der Waals surface area contributed by atoms with Gasteiger partial charge in [0.05, 0.1) is 5.69 Å². The standard InChI is InChI=1S/C16H16N2O3S2/c1-11-4-3-5-13(6-11)9-17-23(19,20)16-8-14(10-22-16)15-7-12(2)18-21-15/h3-8,10,17H,9H2,1-2H3. The van der Waals surface area contributed by atoms with Gasteiger partial charge in [-0.2, -0.15) is 0 Å². The second kappa shape index (κ2) is 6.27. The highest BCUT2D eigenvalue weighted by atomic mass is 32.2. The predicted molar refractivity (Wildman–Crippen MR) is 89.8 cm³/mol. The number of hydrogen-bond acceptors (Lipinski definition) is 5. The van der Waals surface area contributed by atoms with Crippen molar-refractivity contribution in [2.24, 2.45) is 0 Å². The Hall–Kier alpha value is -1.96. The number of aryl methyl sites for hydroxylation is 2. The zero-order valence-corrected chi connectivity index (χ0v) is 14.4. The van der Waals surface area contributed by atoms with Crippen LogP contribution in [0.3, 0.4) is 0 Å². The highest BCUT2D eigenvalue weighted by molar-refractivity contribution is 7.91. The van der Waals surface area contributed by atoms with Gasteiger partial charge in [-0.05, 0) is 25.5 Å². The van der Waals surface area contributed by atoms with Gasteiger partial charge in [-0.25, -0.2) is 13.1 Å². The molecule has 0 aliphatic carbocycles. The van der Waals surface area contributed by atoms with Gasteiger partial charge < -0.3 is 4.52 Å². The first kappa shape index (κ1) is 15.9. The van der Waals surface area contributed by atoms with Gasteiger partial charge in [0.1, 0.15) is 4.21 Å². The number of hydrogen-bond donors (Lipinski definition) is 1. The zero-order valence-electron chi connectivity index (χ0n) is 12.7. The molecule has 0 fully saturated rings. The van der Waals surface area contributed by atoms with E-state index in [1.807, 2.05) is 38.1 Å². The Morgan fingerprint density at radius 2 is 2.04 bits per heavy atom. The summed E-state index contributed by atoms with van der Waals surface area (Å²) in [6.45, 7) is 4.06. The van der Waals surface area contributed by atoms with Gasteiger partial charge in [0, 0.05) is 23.6 Å². The van der Waals surface area contributed by atoms with Crippen LogP contribution < -0.4 is 4.72 Å². The van der Waals surface area contributed by atoms with Crippen molar-refractivity contribution in [1.29, 1.82) is 0 Å². The van der Waals surface area contributed by atoms with E-state index in [0.29, 0.717) is 11.3 Å². The van der Waals surface area contributed by atoms with Crippen LogP contribution in [0.2, 0.25) is 0 Å². The Balaban J connectivity index is 1.76. The first-order valence-corrected chi connectivity index (χ1v) is 9.38. The summed E-state index contributed by atoms with van der Waals surface area (Å²) >= 11 is 1.16. The van der Waals surface area contributed by atoms with Crippen LogP contribution in [0.15, 0.2) is 50.5 Å². The van der Waals surface area contributed by atoms with Crippen molar-refractivity contribution < 1.29 is 12.9 Å². The number of benzene rings is 1. The lowest BCUT2D eigenvalue weighted by Gasteiger charge is -2.05. The van der Waals surface area contributed by atoms with Crippen molar-refractivity contribution in [2.45, 2.75) is 24.6 Å². The van der Waals surface area contributed by atoms with Crippen LogP contribution in [-0.4, -0.2) is 13.6 Å². The number of sulfonamides is 1. The third-order valence-electron chi connectivity index (χ3n) is 3.30. The fourth-order valence-electron chi connectivity index (χ4n) is 2.16. The maximum absolute atomic E-state index is 12.4. The molecule has 0 saturated carbocycles. The lowest BCUT2D eigenvalue weighted by molar-refractivity contribution is 0.427. The first-order valence-electron chi connectivity index (χ1n) is 7.01. The normalized spacial score (nSPS) is 11.7. The molecule has 0 atom stereocenters. The second-order valence-electron chi connectivity index (χ2n) is 5.30. The molecule has 2 aromatic heterocycles. The molecular weight excluding hydrogens is 332 g/mol. The number of nitrogens with zero attached hydrogens (tertiary/aromatic N) is 1. The van der Waals surface area contributed by atoms with Gasteiger partial charge in [-0.1, -0.05) is 35.0 Å². The molecule has 0 bridgehead atoms. The van der Waals surface area contributed by atoms with Gasteiger partial charge in [0.2, 0.25) is 10.0 Å². The fraction of sp³-hybridized carbons (Fsp3) is 0.188. The third-order valence-corrected chi connectivity index (χ3v) is 6.14. The van der Waals surface area contributed by atoms with E-state index in [2.05, 4.69) is 9.88 Å². The van der Waals surface area contributed by atoms with Crippen molar-refractivity contribution in [3.63, 3.8) is 0 Å². The lowest BCUT2D eigenvalue weighted by Crippen LogP contribution is -2.22. The van der Waals surface area contributed by atoms with Crippen LogP contribution in [0.5, 0.6) is 0 Å². The summed E-state index contributed by atoms with van der Waals surface area (Å²) in [6.07, 6.45) is 0. The number of rotatable bonds is 5. The fourth-order valence-corrected chi connectivity index (χ4v) is 4.39.